The van der Waals surface area contributed by atoms with Gasteiger partial charge in [-0.3, -0.25) is 0 Å². The Morgan fingerprint density at radius 3 is 2.53 bits per heavy atom. The normalized spacial score (nSPS) is 12.6. The lowest BCUT2D eigenvalue weighted by Crippen LogP contribution is -2.23. The fraction of sp³-hybridized carbons (Fsp3) is 0.500. The quantitative estimate of drug-likeness (QED) is 0.827. The topological polar surface area (TPSA) is 49.5 Å². The molecule has 0 fully saturated rings. The maximum atomic E-state index is 13.7. The minimum absolute atomic E-state index is 0.0274. The average molecular weight is 244 g/mol. The van der Waals surface area contributed by atoms with Crippen molar-refractivity contribution in [1.82, 2.24) is 0 Å². The van der Waals surface area contributed by atoms with Gasteiger partial charge in [-0.2, -0.15) is 0 Å². The predicted molar refractivity (Wildman–Crippen MR) is 63.8 cm³/mol. The van der Waals surface area contributed by atoms with Gasteiger partial charge in [-0.05, 0) is 19.4 Å². The van der Waals surface area contributed by atoms with E-state index in [2.05, 4.69) is 0 Å². The zero-order valence-corrected chi connectivity index (χ0v) is 10.1. The van der Waals surface area contributed by atoms with Gasteiger partial charge in [0, 0.05) is 25.7 Å². The number of halogens is 2. The van der Waals surface area contributed by atoms with Crippen molar-refractivity contribution in [3.8, 4) is 0 Å². The Labute approximate surface area is 99.8 Å². The lowest BCUT2D eigenvalue weighted by atomic mass is 10.1. The van der Waals surface area contributed by atoms with Crippen LogP contribution in [-0.2, 0) is 6.54 Å². The number of aliphatic hydroxyl groups is 1. The molecule has 0 spiro atoms. The van der Waals surface area contributed by atoms with Crippen molar-refractivity contribution in [3.63, 3.8) is 0 Å². The third-order valence-electron chi connectivity index (χ3n) is 2.66. The zero-order chi connectivity index (χ0) is 13.0. The number of hydrogen-bond acceptors (Lipinski definition) is 3. The van der Waals surface area contributed by atoms with Crippen LogP contribution in [0.3, 0.4) is 0 Å². The lowest BCUT2D eigenvalue weighted by molar-refractivity contribution is 0.187. The number of rotatable bonds is 5. The van der Waals surface area contributed by atoms with Gasteiger partial charge in [0.25, 0.3) is 0 Å². The van der Waals surface area contributed by atoms with Gasteiger partial charge in [0.15, 0.2) is 11.6 Å². The number of benzene rings is 1. The SMILES string of the molecule is CC(O)CCN(C)c1ccc(CN)c(F)c1F. The Bertz CT molecular complexity index is 383. The molecule has 0 radical (unpaired) electrons. The van der Waals surface area contributed by atoms with Crippen LogP contribution in [0.4, 0.5) is 14.5 Å². The van der Waals surface area contributed by atoms with Crippen LogP contribution in [0.25, 0.3) is 0 Å². The molecule has 5 heteroatoms. The van der Waals surface area contributed by atoms with Gasteiger partial charge in [-0.1, -0.05) is 6.07 Å². The van der Waals surface area contributed by atoms with E-state index in [1.807, 2.05) is 0 Å². The van der Waals surface area contributed by atoms with E-state index in [4.69, 9.17) is 10.8 Å². The van der Waals surface area contributed by atoms with E-state index in [9.17, 15) is 8.78 Å². The molecule has 0 saturated carbocycles. The minimum atomic E-state index is -0.895. The van der Waals surface area contributed by atoms with Gasteiger partial charge >= 0.3 is 0 Å². The molecule has 0 amide bonds. The molecule has 1 unspecified atom stereocenters. The molecule has 3 N–H and O–H groups in total. The number of aliphatic hydroxyl groups excluding tert-OH is 1. The van der Waals surface area contributed by atoms with Crippen molar-refractivity contribution in [2.45, 2.75) is 26.0 Å². The fourth-order valence-electron chi connectivity index (χ4n) is 1.53. The first-order valence-electron chi connectivity index (χ1n) is 5.53. The van der Waals surface area contributed by atoms with Gasteiger partial charge < -0.3 is 15.7 Å². The van der Waals surface area contributed by atoms with Crippen molar-refractivity contribution in [2.75, 3.05) is 18.5 Å². The molecule has 96 valence electrons. The van der Waals surface area contributed by atoms with Crippen LogP contribution in [-0.4, -0.2) is 24.8 Å². The molecule has 0 heterocycles. The first-order chi connectivity index (χ1) is 7.97. The summed E-state index contributed by atoms with van der Waals surface area (Å²) < 4.78 is 27.2. The summed E-state index contributed by atoms with van der Waals surface area (Å²) in [5.41, 5.74) is 5.63. The molecule has 1 atom stereocenters. The summed E-state index contributed by atoms with van der Waals surface area (Å²) in [7, 11) is 1.66. The summed E-state index contributed by atoms with van der Waals surface area (Å²) in [6.45, 7) is 2.08. The van der Waals surface area contributed by atoms with Crippen molar-refractivity contribution in [3.05, 3.63) is 29.3 Å². The monoisotopic (exact) mass is 244 g/mol. The number of anilines is 1. The predicted octanol–water partition coefficient (Wildman–Crippen LogP) is 1.63. The molecule has 0 aliphatic rings. The summed E-state index contributed by atoms with van der Waals surface area (Å²) in [5.74, 6) is -1.78. The number of nitrogens with zero attached hydrogens (tertiary/aromatic N) is 1. The van der Waals surface area contributed by atoms with Crippen molar-refractivity contribution >= 4 is 5.69 Å². The highest BCUT2D eigenvalue weighted by Gasteiger charge is 2.15. The highest BCUT2D eigenvalue weighted by molar-refractivity contribution is 5.49. The minimum Gasteiger partial charge on any atom is -0.393 e. The van der Waals surface area contributed by atoms with Crippen LogP contribution in [0.1, 0.15) is 18.9 Å². The summed E-state index contributed by atoms with van der Waals surface area (Å²) >= 11 is 0. The van der Waals surface area contributed by atoms with E-state index in [-0.39, 0.29) is 17.8 Å². The summed E-state index contributed by atoms with van der Waals surface area (Å²) in [4.78, 5) is 1.57. The van der Waals surface area contributed by atoms with Gasteiger partial charge in [-0.25, -0.2) is 8.78 Å². The fourth-order valence-corrected chi connectivity index (χ4v) is 1.53. The molecular weight excluding hydrogens is 226 g/mol. The van der Waals surface area contributed by atoms with E-state index < -0.39 is 17.7 Å². The highest BCUT2D eigenvalue weighted by atomic mass is 19.2. The average Bonchev–Trinajstić information content (AvgIpc) is 2.29. The van der Waals surface area contributed by atoms with Crippen molar-refractivity contribution in [1.29, 1.82) is 0 Å². The smallest absolute Gasteiger partial charge is 0.182 e. The van der Waals surface area contributed by atoms with Gasteiger partial charge in [0.1, 0.15) is 0 Å². The van der Waals surface area contributed by atoms with Gasteiger partial charge in [-0.15, -0.1) is 0 Å². The maximum absolute atomic E-state index is 13.7. The molecule has 17 heavy (non-hydrogen) atoms. The second-order valence-corrected chi connectivity index (χ2v) is 4.14. The first kappa shape index (κ1) is 13.9. The summed E-state index contributed by atoms with van der Waals surface area (Å²) in [6.07, 6.45) is 0.0320. The molecule has 3 nitrogen and oxygen atoms in total. The Morgan fingerprint density at radius 1 is 1.35 bits per heavy atom. The maximum Gasteiger partial charge on any atom is 0.182 e. The molecule has 0 aliphatic carbocycles. The van der Waals surface area contributed by atoms with E-state index in [1.165, 1.54) is 12.1 Å². The molecule has 0 aliphatic heterocycles. The summed E-state index contributed by atoms with van der Waals surface area (Å²) in [5, 5.41) is 9.14. The van der Waals surface area contributed by atoms with Crippen LogP contribution >= 0.6 is 0 Å². The molecule has 1 rings (SSSR count). The van der Waals surface area contributed by atoms with E-state index in [1.54, 1.807) is 18.9 Å². The molecular formula is C12H18F2N2O. The second kappa shape index (κ2) is 5.93. The molecule has 1 aromatic rings. The highest BCUT2D eigenvalue weighted by Crippen LogP contribution is 2.23. The lowest BCUT2D eigenvalue weighted by Gasteiger charge is -2.21. The Balaban J connectivity index is 2.87. The zero-order valence-electron chi connectivity index (χ0n) is 10.1. The van der Waals surface area contributed by atoms with E-state index in [0.717, 1.165) is 0 Å². The van der Waals surface area contributed by atoms with Crippen LogP contribution in [0.15, 0.2) is 12.1 Å². The van der Waals surface area contributed by atoms with E-state index >= 15 is 0 Å². The number of nitrogens with two attached hydrogens (primary N) is 1. The number of hydrogen-bond donors (Lipinski definition) is 2. The summed E-state index contributed by atoms with van der Waals surface area (Å²) in [6, 6.07) is 2.98. The van der Waals surface area contributed by atoms with Crippen molar-refractivity contribution in [2.24, 2.45) is 5.73 Å². The third kappa shape index (κ3) is 3.38. The first-order valence-corrected chi connectivity index (χ1v) is 5.53. The second-order valence-electron chi connectivity index (χ2n) is 4.14. The van der Waals surface area contributed by atoms with Crippen LogP contribution < -0.4 is 10.6 Å². The Hall–Kier alpha value is -1.20. The molecule has 0 bridgehead atoms. The van der Waals surface area contributed by atoms with Crippen LogP contribution in [0, 0.1) is 11.6 Å². The Kier molecular flexibility index (Phi) is 4.84. The molecule has 0 aromatic heterocycles. The van der Waals surface area contributed by atoms with Crippen molar-refractivity contribution < 1.29 is 13.9 Å². The molecule has 1 aromatic carbocycles. The standard InChI is InChI=1S/C12H18F2N2O/c1-8(17)5-6-16(2)10-4-3-9(7-15)11(13)12(10)14/h3-4,8,17H,5-7,15H2,1-2H3. The van der Waals surface area contributed by atoms with E-state index in [0.29, 0.717) is 13.0 Å². The van der Waals surface area contributed by atoms with Crippen LogP contribution in [0.2, 0.25) is 0 Å². The molecule has 0 saturated heterocycles. The third-order valence-corrected chi connectivity index (χ3v) is 2.66. The largest absolute Gasteiger partial charge is 0.393 e. The van der Waals surface area contributed by atoms with Gasteiger partial charge in [0.2, 0.25) is 0 Å². The Morgan fingerprint density at radius 2 is 2.00 bits per heavy atom. The van der Waals surface area contributed by atoms with Gasteiger partial charge in [0.05, 0.1) is 11.8 Å². The van der Waals surface area contributed by atoms with Crippen LogP contribution in [0.5, 0.6) is 0 Å².